The average molecular weight is 408 g/mol. The Morgan fingerprint density at radius 3 is 2.71 bits per heavy atom. The molecule has 0 radical (unpaired) electrons. The van der Waals surface area contributed by atoms with Crippen LogP contribution in [0.5, 0.6) is 0 Å². The summed E-state index contributed by atoms with van der Waals surface area (Å²) in [4.78, 5) is 20.4. The first-order chi connectivity index (χ1) is 13.5. The standard InChI is InChI=1S/C20H33N5O2S/c1-24(2)19(27)13-23-20(21-9-11-28-3)22-12-16-6-4-5-7-17(16)14-25-10-8-18(26)15-25/h4-7,18,26H,8-15H2,1-3H3,(H2,21,22,23). The fraction of sp³-hybridized carbons (Fsp3) is 0.600. The molecule has 1 atom stereocenters. The first kappa shape index (κ1) is 22.5. The van der Waals surface area contributed by atoms with Crippen LogP contribution in [0, 0.1) is 0 Å². The van der Waals surface area contributed by atoms with E-state index in [0.29, 0.717) is 12.5 Å². The predicted molar refractivity (Wildman–Crippen MR) is 117 cm³/mol. The van der Waals surface area contributed by atoms with Gasteiger partial charge in [0.25, 0.3) is 0 Å². The summed E-state index contributed by atoms with van der Waals surface area (Å²) < 4.78 is 0. The van der Waals surface area contributed by atoms with E-state index in [9.17, 15) is 9.90 Å². The molecule has 1 amide bonds. The van der Waals surface area contributed by atoms with E-state index >= 15 is 0 Å². The number of β-amino-alcohol motifs (C(OH)–C–C–N with tert-alkyl or cyclic N) is 1. The van der Waals surface area contributed by atoms with Crippen molar-refractivity contribution < 1.29 is 9.90 Å². The van der Waals surface area contributed by atoms with Crippen molar-refractivity contribution in [1.29, 1.82) is 0 Å². The van der Waals surface area contributed by atoms with Crippen molar-refractivity contribution in [3.8, 4) is 0 Å². The maximum Gasteiger partial charge on any atom is 0.241 e. The van der Waals surface area contributed by atoms with Crippen molar-refractivity contribution in [3.05, 3.63) is 35.4 Å². The van der Waals surface area contributed by atoms with Crippen LogP contribution in [0.1, 0.15) is 17.5 Å². The fourth-order valence-corrected chi connectivity index (χ4v) is 3.30. The molecule has 1 aliphatic heterocycles. The number of aliphatic hydroxyl groups excluding tert-OH is 1. The van der Waals surface area contributed by atoms with Crippen molar-refractivity contribution in [3.63, 3.8) is 0 Å². The molecule has 1 aliphatic rings. The van der Waals surface area contributed by atoms with Crippen LogP contribution in [0.3, 0.4) is 0 Å². The zero-order valence-corrected chi connectivity index (χ0v) is 18.0. The first-order valence-electron chi connectivity index (χ1n) is 9.68. The largest absolute Gasteiger partial charge is 0.392 e. The minimum atomic E-state index is -0.212. The smallest absolute Gasteiger partial charge is 0.241 e. The van der Waals surface area contributed by atoms with E-state index in [-0.39, 0.29) is 18.6 Å². The number of rotatable bonds is 9. The molecule has 1 saturated heterocycles. The summed E-state index contributed by atoms with van der Waals surface area (Å²) in [6.45, 7) is 4.02. The van der Waals surface area contributed by atoms with Gasteiger partial charge in [-0.15, -0.1) is 0 Å². The summed E-state index contributed by atoms with van der Waals surface area (Å²) in [7, 11) is 3.49. The van der Waals surface area contributed by atoms with Crippen LogP contribution in [0.4, 0.5) is 0 Å². The number of nitrogens with one attached hydrogen (secondary N) is 2. The molecule has 0 aromatic heterocycles. The monoisotopic (exact) mass is 407 g/mol. The molecule has 0 bridgehead atoms. The summed E-state index contributed by atoms with van der Waals surface area (Å²) in [5, 5.41) is 16.2. The Labute approximate surface area is 172 Å². The van der Waals surface area contributed by atoms with Gasteiger partial charge in [0.15, 0.2) is 5.96 Å². The molecule has 0 spiro atoms. The minimum absolute atomic E-state index is 0.00681. The molecule has 8 heteroatoms. The second-order valence-electron chi connectivity index (χ2n) is 7.17. The van der Waals surface area contributed by atoms with Crippen molar-refractivity contribution >= 4 is 23.6 Å². The number of carbonyl (C=O) groups is 1. The zero-order valence-electron chi connectivity index (χ0n) is 17.1. The van der Waals surface area contributed by atoms with E-state index in [1.807, 2.05) is 12.1 Å². The second-order valence-corrected chi connectivity index (χ2v) is 8.16. The van der Waals surface area contributed by atoms with Crippen molar-refractivity contribution in [2.45, 2.75) is 25.6 Å². The number of carbonyl (C=O) groups excluding carboxylic acids is 1. The highest BCUT2D eigenvalue weighted by molar-refractivity contribution is 7.98. The highest BCUT2D eigenvalue weighted by Crippen LogP contribution is 2.17. The Balaban J connectivity index is 2.01. The van der Waals surface area contributed by atoms with Crippen LogP contribution in [-0.2, 0) is 17.9 Å². The van der Waals surface area contributed by atoms with E-state index in [1.54, 1.807) is 30.8 Å². The number of aliphatic hydroxyl groups is 1. The van der Waals surface area contributed by atoms with Gasteiger partial charge in [0.1, 0.15) is 0 Å². The van der Waals surface area contributed by atoms with Gasteiger partial charge in [0.2, 0.25) is 5.91 Å². The molecule has 1 heterocycles. The van der Waals surface area contributed by atoms with Crippen LogP contribution in [0.15, 0.2) is 29.3 Å². The highest BCUT2D eigenvalue weighted by Gasteiger charge is 2.20. The molecule has 28 heavy (non-hydrogen) atoms. The number of likely N-dealkylation sites (tertiary alicyclic amines) is 1. The predicted octanol–water partition coefficient (Wildman–Crippen LogP) is 0.740. The SMILES string of the molecule is CSCCNC(=NCc1ccccc1CN1CCC(O)C1)NCC(=O)N(C)C. The summed E-state index contributed by atoms with van der Waals surface area (Å²) in [5.74, 6) is 1.62. The van der Waals surface area contributed by atoms with E-state index < -0.39 is 0 Å². The normalized spacial score (nSPS) is 17.6. The van der Waals surface area contributed by atoms with Crippen LogP contribution in [0.2, 0.25) is 0 Å². The molecule has 1 fully saturated rings. The number of hydrogen-bond acceptors (Lipinski definition) is 5. The van der Waals surface area contributed by atoms with E-state index in [0.717, 1.165) is 43.9 Å². The van der Waals surface area contributed by atoms with Gasteiger partial charge in [0, 0.05) is 46.0 Å². The van der Waals surface area contributed by atoms with Gasteiger partial charge in [-0.1, -0.05) is 24.3 Å². The van der Waals surface area contributed by atoms with Crippen molar-refractivity contribution in [2.75, 3.05) is 52.3 Å². The van der Waals surface area contributed by atoms with Crippen molar-refractivity contribution in [1.82, 2.24) is 20.4 Å². The van der Waals surface area contributed by atoms with Crippen LogP contribution >= 0.6 is 11.8 Å². The Hall–Kier alpha value is -1.77. The molecular weight excluding hydrogens is 374 g/mol. The molecule has 2 rings (SSSR count). The molecule has 0 aliphatic carbocycles. The van der Waals surface area contributed by atoms with E-state index in [1.165, 1.54) is 5.56 Å². The minimum Gasteiger partial charge on any atom is -0.392 e. The Kier molecular flexibility index (Phi) is 9.60. The lowest BCUT2D eigenvalue weighted by atomic mass is 10.1. The number of thioether (sulfide) groups is 1. The van der Waals surface area contributed by atoms with E-state index in [4.69, 9.17) is 4.99 Å². The average Bonchev–Trinajstić information content (AvgIpc) is 3.09. The molecule has 0 saturated carbocycles. The van der Waals surface area contributed by atoms with Crippen LogP contribution < -0.4 is 10.6 Å². The zero-order chi connectivity index (χ0) is 20.4. The summed E-state index contributed by atoms with van der Waals surface area (Å²) >= 11 is 1.76. The van der Waals surface area contributed by atoms with Gasteiger partial charge >= 0.3 is 0 Å². The lowest BCUT2D eigenvalue weighted by molar-refractivity contribution is -0.127. The number of benzene rings is 1. The molecule has 3 N–H and O–H groups in total. The third kappa shape index (κ3) is 7.69. The number of likely N-dealkylation sites (N-methyl/N-ethyl adjacent to an activating group) is 1. The maximum absolute atomic E-state index is 11.9. The Morgan fingerprint density at radius 1 is 1.32 bits per heavy atom. The van der Waals surface area contributed by atoms with Gasteiger partial charge < -0.3 is 20.6 Å². The summed E-state index contributed by atoms with van der Waals surface area (Å²) in [5.41, 5.74) is 2.39. The van der Waals surface area contributed by atoms with Gasteiger partial charge in [-0.3, -0.25) is 9.69 Å². The molecule has 156 valence electrons. The second kappa shape index (κ2) is 11.9. The summed E-state index contributed by atoms with van der Waals surface area (Å²) in [6, 6.07) is 8.28. The van der Waals surface area contributed by atoms with Gasteiger partial charge in [0.05, 0.1) is 19.2 Å². The number of aliphatic imine (C=N–C) groups is 1. The lowest BCUT2D eigenvalue weighted by Gasteiger charge is -2.18. The summed E-state index contributed by atoms with van der Waals surface area (Å²) in [6.07, 6.45) is 2.69. The number of guanidine groups is 1. The third-order valence-electron chi connectivity index (χ3n) is 4.67. The first-order valence-corrected chi connectivity index (χ1v) is 11.1. The topological polar surface area (TPSA) is 80.2 Å². The van der Waals surface area contributed by atoms with Gasteiger partial charge in [-0.05, 0) is 23.8 Å². The lowest BCUT2D eigenvalue weighted by Crippen LogP contribution is -2.43. The quantitative estimate of drug-likeness (QED) is 0.318. The third-order valence-corrected chi connectivity index (χ3v) is 5.28. The Bertz CT molecular complexity index is 653. The molecule has 1 unspecified atom stereocenters. The Morgan fingerprint density at radius 2 is 2.07 bits per heavy atom. The maximum atomic E-state index is 11.9. The van der Waals surface area contributed by atoms with Crippen LogP contribution in [0.25, 0.3) is 0 Å². The van der Waals surface area contributed by atoms with E-state index in [2.05, 4.69) is 33.9 Å². The number of amides is 1. The van der Waals surface area contributed by atoms with Gasteiger partial charge in [-0.25, -0.2) is 4.99 Å². The molecular formula is C20H33N5O2S. The molecule has 1 aromatic rings. The van der Waals surface area contributed by atoms with Crippen molar-refractivity contribution in [2.24, 2.45) is 4.99 Å². The van der Waals surface area contributed by atoms with Crippen LogP contribution in [-0.4, -0.2) is 85.2 Å². The van der Waals surface area contributed by atoms with Gasteiger partial charge in [-0.2, -0.15) is 11.8 Å². The number of hydrogen-bond donors (Lipinski definition) is 3. The highest BCUT2D eigenvalue weighted by atomic mass is 32.2. The molecule has 1 aromatic carbocycles. The number of nitrogens with zero attached hydrogens (tertiary/aromatic N) is 3. The fourth-order valence-electron chi connectivity index (χ4n) is 2.99. The molecule has 7 nitrogen and oxygen atoms in total.